The summed E-state index contributed by atoms with van der Waals surface area (Å²) in [5.74, 6) is -0.686. The number of halogens is 1. The fourth-order valence-corrected chi connectivity index (χ4v) is 2.64. The van der Waals surface area contributed by atoms with Gasteiger partial charge in [-0.1, -0.05) is 45.4 Å². The van der Waals surface area contributed by atoms with Crippen LogP contribution in [-0.2, 0) is 16.1 Å². The number of aryl methyl sites for hydroxylation is 1. The van der Waals surface area contributed by atoms with Crippen molar-refractivity contribution in [3.63, 3.8) is 0 Å². The zero-order chi connectivity index (χ0) is 16.9. The predicted molar refractivity (Wildman–Crippen MR) is 91.6 cm³/mol. The lowest BCUT2D eigenvalue weighted by Gasteiger charge is -2.05. The van der Waals surface area contributed by atoms with Gasteiger partial charge in [0, 0.05) is 10.0 Å². The van der Waals surface area contributed by atoms with Crippen LogP contribution in [0.1, 0.15) is 16.8 Å². The summed E-state index contributed by atoms with van der Waals surface area (Å²) >= 11 is 3.30. The van der Waals surface area contributed by atoms with E-state index in [1.54, 1.807) is 22.9 Å². The second-order valence-electron chi connectivity index (χ2n) is 5.15. The Morgan fingerprint density at radius 2 is 1.96 bits per heavy atom. The van der Waals surface area contributed by atoms with Crippen LogP contribution >= 0.6 is 15.9 Å². The number of fused-ring (bicyclic) bond motifs is 1. The van der Waals surface area contributed by atoms with E-state index in [1.165, 1.54) is 0 Å². The van der Waals surface area contributed by atoms with Crippen molar-refractivity contribution >= 4 is 38.7 Å². The normalized spacial score (nSPS) is 10.7. The van der Waals surface area contributed by atoms with Gasteiger partial charge in [0.15, 0.2) is 12.4 Å². The zero-order valence-corrected chi connectivity index (χ0v) is 14.3. The van der Waals surface area contributed by atoms with Gasteiger partial charge >= 0.3 is 5.97 Å². The summed E-state index contributed by atoms with van der Waals surface area (Å²) in [6.45, 7) is 0.0812. The van der Waals surface area contributed by atoms with Crippen molar-refractivity contribution in [2.45, 2.75) is 13.0 Å². The molecule has 0 radical (unpaired) electrons. The molecule has 0 saturated carbocycles. The molecule has 0 fully saturated rings. The van der Waals surface area contributed by atoms with E-state index in [1.807, 2.05) is 30.3 Å². The van der Waals surface area contributed by atoms with Crippen LogP contribution in [0.4, 0.5) is 0 Å². The number of para-hydroxylation sites is 1. The number of Topliss-reactive ketones (excluding diaryl/α,β-unsaturated/α-hetero) is 1. The van der Waals surface area contributed by atoms with Crippen molar-refractivity contribution in [2.75, 3.05) is 6.61 Å². The fraction of sp³-hybridized carbons (Fsp3) is 0.176. The van der Waals surface area contributed by atoms with Crippen LogP contribution < -0.4 is 0 Å². The van der Waals surface area contributed by atoms with Crippen molar-refractivity contribution in [1.29, 1.82) is 0 Å². The monoisotopic (exact) mass is 387 g/mol. The third kappa shape index (κ3) is 3.86. The van der Waals surface area contributed by atoms with Gasteiger partial charge in [-0.25, -0.2) is 4.68 Å². The maximum absolute atomic E-state index is 12.0. The lowest BCUT2D eigenvalue weighted by atomic mass is 10.1. The topological polar surface area (TPSA) is 74.1 Å². The largest absolute Gasteiger partial charge is 0.457 e. The molecule has 7 heteroatoms. The SMILES string of the molecule is O=C(CCn1nnc2ccccc21)OCC(=O)c1cccc(Br)c1. The number of nitrogens with zero attached hydrogens (tertiary/aromatic N) is 3. The zero-order valence-electron chi connectivity index (χ0n) is 12.7. The minimum atomic E-state index is -0.446. The van der Waals surface area contributed by atoms with Crippen LogP contribution in [0, 0.1) is 0 Å². The number of hydrogen-bond acceptors (Lipinski definition) is 5. The summed E-state index contributed by atoms with van der Waals surface area (Å²) in [4.78, 5) is 23.8. The molecule has 1 heterocycles. The number of carbonyl (C=O) groups is 2. The minimum Gasteiger partial charge on any atom is -0.457 e. The molecule has 0 aliphatic heterocycles. The van der Waals surface area contributed by atoms with Gasteiger partial charge in [-0.3, -0.25) is 9.59 Å². The van der Waals surface area contributed by atoms with Gasteiger partial charge in [0.05, 0.1) is 18.5 Å². The molecule has 0 aliphatic carbocycles. The molecule has 0 spiro atoms. The number of esters is 1. The van der Waals surface area contributed by atoms with E-state index in [2.05, 4.69) is 26.2 Å². The number of benzene rings is 2. The van der Waals surface area contributed by atoms with Crippen molar-refractivity contribution in [3.05, 3.63) is 58.6 Å². The number of rotatable bonds is 6. The van der Waals surface area contributed by atoms with E-state index >= 15 is 0 Å². The molecule has 122 valence electrons. The summed E-state index contributed by atoms with van der Waals surface area (Å²) in [6.07, 6.45) is 0.124. The van der Waals surface area contributed by atoms with Gasteiger partial charge < -0.3 is 4.74 Å². The number of hydrogen-bond donors (Lipinski definition) is 0. The Kier molecular flexibility index (Phi) is 5.00. The first-order chi connectivity index (χ1) is 11.6. The van der Waals surface area contributed by atoms with E-state index in [4.69, 9.17) is 4.74 Å². The summed E-state index contributed by atoms with van der Waals surface area (Å²) in [7, 11) is 0. The summed E-state index contributed by atoms with van der Waals surface area (Å²) in [5, 5.41) is 8.03. The second-order valence-corrected chi connectivity index (χ2v) is 6.06. The highest BCUT2D eigenvalue weighted by molar-refractivity contribution is 9.10. The van der Waals surface area contributed by atoms with Crippen molar-refractivity contribution < 1.29 is 14.3 Å². The highest BCUT2D eigenvalue weighted by atomic mass is 79.9. The fourth-order valence-electron chi connectivity index (χ4n) is 2.24. The molecule has 6 nitrogen and oxygen atoms in total. The Morgan fingerprint density at radius 1 is 1.12 bits per heavy atom. The molecule has 2 aromatic carbocycles. The highest BCUT2D eigenvalue weighted by Gasteiger charge is 2.11. The maximum atomic E-state index is 12.0. The lowest BCUT2D eigenvalue weighted by molar-refractivity contribution is -0.142. The van der Waals surface area contributed by atoms with E-state index in [-0.39, 0.29) is 18.8 Å². The molecule has 0 aliphatic rings. The Hall–Kier alpha value is -2.54. The molecule has 0 bridgehead atoms. The molecular formula is C17H14BrN3O3. The molecule has 0 atom stereocenters. The maximum Gasteiger partial charge on any atom is 0.308 e. The third-order valence-corrected chi connectivity index (χ3v) is 3.95. The number of ketones is 1. The second kappa shape index (κ2) is 7.35. The molecular weight excluding hydrogens is 374 g/mol. The number of aromatic nitrogens is 3. The average Bonchev–Trinajstić information content (AvgIpc) is 3.01. The lowest BCUT2D eigenvalue weighted by Crippen LogP contribution is -2.16. The molecule has 3 rings (SSSR count). The summed E-state index contributed by atoms with van der Waals surface area (Å²) < 4.78 is 7.49. The van der Waals surface area contributed by atoms with Crippen LogP contribution in [0.5, 0.6) is 0 Å². The van der Waals surface area contributed by atoms with Crippen molar-refractivity contribution in [2.24, 2.45) is 0 Å². The first-order valence-corrected chi connectivity index (χ1v) is 8.15. The van der Waals surface area contributed by atoms with Gasteiger partial charge in [0.25, 0.3) is 0 Å². The Balaban J connectivity index is 1.52. The van der Waals surface area contributed by atoms with Crippen LogP contribution in [0.3, 0.4) is 0 Å². The van der Waals surface area contributed by atoms with Crippen molar-refractivity contribution in [1.82, 2.24) is 15.0 Å². The summed E-state index contributed by atoms with van der Waals surface area (Å²) in [5.41, 5.74) is 2.13. The van der Waals surface area contributed by atoms with Gasteiger partial charge in [-0.15, -0.1) is 5.10 Å². The van der Waals surface area contributed by atoms with E-state index < -0.39 is 5.97 Å². The van der Waals surface area contributed by atoms with E-state index in [9.17, 15) is 9.59 Å². The highest BCUT2D eigenvalue weighted by Crippen LogP contribution is 2.13. The quantitative estimate of drug-likeness (QED) is 0.480. The van der Waals surface area contributed by atoms with Gasteiger partial charge in [-0.2, -0.15) is 0 Å². The first-order valence-electron chi connectivity index (χ1n) is 7.36. The predicted octanol–water partition coefficient (Wildman–Crippen LogP) is 3.01. The van der Waals surface area contributed by atoms with Crippen LogP contribution in [-0.4, -0.2) is 33.4 Å². The Morgan fingerprint density at radius 3 is 2.79 bits per heavy atom. The smallest absolute Gasteiger partial charge is 0.308 e. The molecule has 0 unspecified atom stereocenters. The minimum absolute atomic E-state index is 0.124. The first kappa shape index (κ1) is 16.3. The van der Waals surface area contributed by atoms with Crippen LogP contribution in [0.2, 0.25) is 0 Å². The summed E-state index contributed by atoms with van der Waals surface area (Å²) in [6, 6.07) is 14.5. The van der Waals surface area contributed by atoms with Gasteiger partial charge in [-0.05, 0) is 24.3 Å². The standard InChI is InChI=1S/C17H14BrN3O3/c18-13-5-3-4-12(10-13)16(22)11-24-17(23)8-9-21-15-7-2-1-6-14(15)19-20-21/h1-7,10H,8-9,11H2. The molecule has 0 saturated heterocycles. The molecule has 0 N–H and O–H groups in total. The van der Waals surface area contributed by atoms with Crippen LogP contribution in [0.25, 0.3) is 11.0 Å². The molecule has 1 aromatic heterocycles. The van der Waals surface area contributed by atoms with Crippen molar-refractivity contribution in [3.8, 4) is 0 Å². The van der Waals surface area contributed by atoms with Gasteiger partial charge in [0.1, 0.15) is 5.52 Å². The molecule has 0 amide bonds. The molecule has 3 aromatic rings. The Bertz CT molecular complexity index is 891. The number of carbonyl (C=O) groups excluding carboxylic acids is 2. The van der Waals surface area contributed by atoms with E-state index in [0.717, 1.165) is 15.5 Å². The van der Waals surface area contributed by atoms with Gasteiger partial charge in [0.2, 0.25) is 0 Å². The third-order valence-electron chi connectivity index (χ3n) is 3.46. The van der Waals surface area contributed by atoms with Crippen LogP contribution in [0.15, 0.2) is 53.0 Å². The Labute approximate surface area is 146 Å². The average molecular weight is 388 g/mol. The van der Waals surface area contributed by atoms with E-state index in [0.29, 0.717) is 12.1 Å². The molecule has 24 heavy (non-hydrogen) atoms. The number of ether oxygens (including phenoxy) is 1.